The first-order valence-corrected chi connectivity index (χ1v) is 6.83. The van der Waals surface area contributed by atoms with Gasteiger partial charge in [-0.15, -0.1) is 0 Å². The van der Waals surface area contributed by atoms with Crippen LogP contribution in [0.3, 0.4) is 0 Å². The maximum Gasteiger partial charge on any atom is 0.276 e. The molecular weight excluding hydrogens is 264 g/mol. The minimum atomic E-state index is -1.52. The lowest BCUT2D eigenvalue weighted by molar-refractivity contribution is -0.177. The summed E-state index contributed by atoms with van der Waals surface area (Å²) in [6, 6.07) is 0.144. The average molecular weight is 280 g/mol. The number of nitrogens with zero attached hydrogens (tertiary/aromatic N) is 2. The molecule has 4 aliphatic rings. The Morgan fingerprint density at radius 2 is 2.10 bits per heavy atom. The van der Waals surface area contributed by atoms with E-state index in [-0.39, 0.29) is 35.7 Å². The van der Waals surface area contributed by atoms with Gasteiger partial charge in [0.05, 0.1) is 12.6 Å². The highest BCUT2D eigenvalue weighted by atomic mass is 16.5. The SMILES string of the molecule is O=C1C2=C(O)C(O)C(O)=CN2C[C@H]2O[C@@H]3CC[C@@H](C3)N12. The molecule has 1 unspecified atom stereocenters. The molecular formula is C13H16N2O5. The highest BCUT2D eigenvalue weighted by Crippen LogP contribution is 2.40. The van der Waals surface area contributed by atoms with E-state index in [1.165, 1.54) is 11.1 Å². The molecule has 2 bridgehead atoms. The maximum atomic E-state index is 12.6. The predicted octanol–water partition coefficient (Wildman–Crippen LogP) is -0.0485. The quantitative estimate of drug-likeness (QED) is 0.576. The second-order valence-corrected chi connectivity index (χ2v) is 5.73. The van der Waals surface area contributed by atoms with E-state index in [9.17, 15) is 20.1 Å². The summed E-state index contributed by atoms with van der Waals surface area (Å²) in [6.07, 6.45) is 2.29. The van der Waals surface area contributed by atoms with Crippen molar-refractivity contribution < 1.29 is 24.9 Å². The third-order valence-corrected chi connectivity index (χ3v) is 4.56. The van der Waals surface area contributed by atoms with Crippen LogP contribution in [0.1, 0.15) is 19.3 Å². The summed E-state index contributed by atoms with van der Waals surface area (Å²) in [5, 5.41) is 29.2. The van der Waals surface area contributed by atoms with E-state index >= 15 is 0 Å². The van der Waals surface area contributed by atoms with Crippen molar-refractivity contribution in [3.8, 4) is 0 Å². The fraction of sp³-hybridized carbons (Fsp3) is 0.615. The lowest BCUT2D eigenvalue weighted by atomic mass is 10.0. The molecule has 1 aliphatic carbocycles. The first kappa shape index (κ1) is 12.0. The summed E-state index contributed by atoms with van der Waals surface area (Å²) in [7, 11) is 0. The van der Waals surface area contributed by atoms with Gasteiger partial charge in [-0.1, -0.05) is 0 Å². The van der Waals surface area contributed by atoms with Gasteiger partial charge in [-0.2, -0.15) is 0 Å². The average Bonchev–Trinajstić information content (AvgIpc) is 2.77. The number of piperazine rings is 1. The molecule has 0 aromatic carbocycles. The number of fused-ring (bicyclic) bond motifs is 5. The molecule has 3 aliphatic heterocycles. The molecule has 0 aromatic rings. The van der Waals surface area contributed by atoms with Gasteiger partial charge in [0.15, 0.2) is 18.1 Å². The Morgan fingerprint density at radius 3 is 2.90 bits per heavy atom. The van der Waals surface area contributed by atoms with Crippen LogP contribution in [0.2, 0.25) is 0 Å². The van der Waals surface area contributed by atoms with E-state index in [4.69, 9.17) is 4.74 Å². The highest BCUT2D eigenvalue weighted by molar-refractivity contribution is 5.95. The summed E-state index contributed by atoms with van der Waals surface area (Å²) in [5.41, 5.74) is 0.0421. The molecule has 7 nitrogen and oxygen atoms in total. The van der Waals surface area contributed by atoms with Crippen LogP contribution in [0, 0.1) is 0 Å². The zero-order valence-corrected chi connectivity index (χ0v) is 10.8. The van der Waals surface area contributed by atoms with Crippen molar-refractivity contribution in [1.82, 2.24) is 9.80 Å². The van der Waals surface area contributed by atoms with Crippen molar-refractivity contribution in [2.45, 2.75) is 43.7 Å². The largest absolute Gasteiger partial charge is 0.508 e. The molecule has 3 fully saturated rings. The topological polar surface area (TPSA) is 93.5 Å². The molecule has 0 aromatic heterocycles. The van der Waals surface area contributed by atoms with Crippen molar-refractivity contribution >= 4 is 5.91 Å². The van der Waals surface area contributed by atoms with Crippen LogP contribution in [0.4, 0.5) is 0 Å². The van der Waals surface area contributed by atoms with Crippen LogP contribution in [0.25, 0.3) is 0 Å². The van der Waals surface area contributed by atoms with Gasteiger partial charge >= 0.3 is 0 Å². The summed E-state index contributed by atoms with van der Waals surface area (Å²) in [6.45, 7) is 0.356. The Hall–Kier alpha value is -1.73. The van der Waals surface area contributed by atoms with Crippen LogP contribution in [-0.2, 0) is 9.53 Å². The monoisotopic (exact) mass is 280 g/mol. The molecule has 7 heteroatoms. The van der Waals surface area contributed by atoms with Gasteiger partial charge in [0.25, 0.3) is 5.91 Å². The second-order valence-electron chi connectivity index (χ2n) is 5.73. The fourth-order valence-corrected chi connectivity index (χ4v) is 3.62. The van der Waals surface area contributed by atoms with Gasteiger partial charge in [0, 0.05) is 12.2 Å². The van der Waals surface area contributed by atoms with Crippen molar-refractivity contribution in [3.05, 3.63) is 23.4 Å². The fourth-order valence-electron chi connectivity index (χ4n) is 3.62. The molecule has 4 rings (SSSR count). The standard InChI is InChI=1S/C13H16N2O5/c16-8-4-14-5-9-15(6-1-2-7(3-6)20-9)13(19)10(14)12(18)11(8)17/h4,6-7,9,11,16-18H,1-3,5H2/t6-,7+,9+,11?/m0/s1. The number of carbonyl (C=O) groups excluding carboxylic acids is 1. The van der Waals surface area contributed by atoms with E-state index in [1.807, 2.05) is 0 Å². The van der Waals surface area contributed by atoms with Gasteiger partial charge in [0.2, 0.25) is 0 Å². The van der Waals surface area contributed by atoms with Crippen molar-refractivity contribution in [2.24, 2.45) is 0 Å². The van der Waals surface area contributed by atoms with Crippen molar-refractivity contribution in [3.63, 3.8) is 0 Å². The lowest BCUT2D eigenvalue weighted by Gasteiger charge is -2.48. The van der Waals surface area contributed by atoms with Crippen LogP contribution in [0.15, 0.2) is 23.4 Å². The molecule has 0 spiro atoms. The van der Waals surface area contributed by atoms with Crippen molar-refractivity contribution in [2.75, 3.05) is 6.54 Å². The molecule has 1 amide bonds. The van der Waals surface area contributed by atoms with Crippen LogP contribution >= 0.6 is 0 Å². The van der Waals surface area contributed by atoms with Crippen molar-refractivity contribution in [1.29, 1.82) is 0 Å². The molecule has 0 radical (unpaired) electrons. The summed E-state index contributed by atoms with van der Waals surface area (Å²) in [4.78, 5) is 15.7. The Labute approximate surface area is 115 Å². The number of rotatable bonds is 0. The van der Waals surface area contributed by atoms with E-state index in [1.54, 1.807) is 4.90 Å². The lowest BCUT2D eigenvalue weighted by Crippen LogP contribution is -2.61. The van der Waals surface area contributed by atoms with E-state index in [0.29, 0.717) is 6.54 Å². The highest BCUT2D eigenvalue weighted by Gasteiger charge is 2.50. The zero-order chi connectivity index (χ0) is 14.0. The molecule has 108 valence electrons. The minimum Gasteiger partial charge on any atom is -0.508 e. The van der Waals surface area contributed by atoms with Crippen LogP contribution in [-0.4, -0.2) is 62.0 Å². The summed E-state index contributed by atoms with van der Waals surface area (Å²) < 4.78 is 5.88. The zero-order valence-electron chi connectivity index (χ0n) is 10.8. The minimum absolute atomic E-state index is 0.0421. The number of aliphatic hydroxyl groups excluding tert-OH is 3. The Bertz CT molecular complexity index is 543. The normalized spacial score (nSPS) is 39.6. The molecule has 20 heavy (non-hydrogen) atoms. The first-order valence-electron chi connectivity index (χ1n) is 6.83. The van der Waals surface area contributed by atoms with Crippen LogP contribution in [0.5, 0.6) is 0 Å². The van der Waals surface area contributed by atoms with Gasteiger partial charge < -0.3 is 29.9 Å². The maximum absolute atomic E-state index is 12.6. The molecule has 4 atom stereocenters. The first-order chi connectivity index (χ1) is 9.56. The van der Waals surface area contributed by atoms with Gasteiger partial charge in [-0.25, -0.2) is 0 Å². The number of hydrogen-bond donors (Lipinski definition) is 3. The van der Waals surface area contributed by atoms with E-state index in [0.717, 1.165) is 19.3 Å². The molecule has 2 saturated heterocycles. The Kier molecular flexibility index (Phi) is 2.34. The number of hydrogen-bond acceptors (Lipinski definition) is 6. The van der Waals surface area contributed by atoms with Gasteiger partial charge in [-0.3, -0.25) is 4.79 Å². The molecule has 1 saturated carbocycles. The van der Waals surface area contributed by atoms with Gasteiger partial charge in [-0.05, 0) is 19.3 Å². The Balaban J connectivity index is 1.74. The smallest absolute Gasteiger partial charge is 0.276 e. The van der Waals surface area contributed by atoms with Crippen LogP contribution < -0.4 is 0 Å². The van der Waals surface area contributed by atoms with Gasteiger partial charge in [0.1, 0.15) is 11.5 Å². The number of amides is 1. The second kappa shape index (κ2) is 3.89. The molecule has 3 N–H and O–H groups in total. The number of aliphatic hydroxyl groups is 3. The third kappa shape index (κ3) is 1.44. The van der Waals surface area contributed by atoms with E-state index in [2.05, 4.69) is 0 Å². The number of carbonyl (C=O) groups is 1. The predicted molar refractivity (Wildman–Crippen MR) is 66.2 cm³/mol. The summed E-state index contributed by atoms with van der Waals surface area (Å²) >= 11 is 0. The Morgan fingerprint density at radius 1 is 1.30 bits per heavy atom. The molecule has 3 heterocycles. The third-order valence-electron chi connectivity index (χ3n) is 4.56. The van der Waals surface area contributed by atoms with E-state index < -0.39 is 11.9 Å². The number of ether oxygens (including phenoxy) is 1. The summed E-state index contributed by atoms with van der Waals surface area (Å²) in [5.74, 6) is -1.20.